The monoisotopic (exact) mass is 344 g/mol. The minimum atomic E-state index is -3.82. The fourth-order valence-electron chi connectivity index (χ4n) is 2.51. The lowest BCUT2D eigenvalue weighted by molar-refractivity contribution is 0.0915. The largest absolute Gasteiger partial charge is 0.486 e. The van der Waals surface area contributed by atoms with E-state index in [9.17, 15) is 8.42 Å². The molecule has 0 aromatic heterocycles. The molecular formula is C17H16N2O4S. The van der Waals surface area contributed by atoms with Crippen molar-refractivity contribution in [2.75, 3.05) is 20.2 Å². The zero-order valence-corrected chi connectivity index (χ0v) is 13.8. The molecule has 0 spiro atoms. The highest BCUT2D eigenvalue weighted by atomic mass is 32.2. The molecule has 0 bridgehead atoms. The summed E-state index contributed by atoms with van der Waals surface area (Å²) in [6, 6.07) is 12.5. The van der Waals surface area contributed by atoms with Gasteiger partial charge in [0.2, 0.25) is 9.84 Å². The quantitative estimate of drug-likeness (QED) is 0.909. The van der Waals surface area contributed by atoms with Crippen LogP contribution < -0.4 is 14.8 Å². The highest BCUT2D eigenvalue weighted by Gasteiger charge is 2.26. The standard InChI is InChI=1S/C17H16N2O4S/c1-19-10-13-11-22-15-7-6-14(8-16(15)23-13)24(20,21)17-5-3-2-4-12(17)9-18/h2-8,13,19H,10-11H2,1H3. The Hall–Kier alpha value is -2.56. The molecule has 1 aliphatic heterocycles. The van der Waals surface area contributed by atoms with Crippen molar-refractivity contribution in [1.82, 2.24) is 5.32 Å². The van der Waals surface area contributed by atoms with Crippen molar-refractivity contribution in [2.45, 2.75) is 15.9 Å². The van der Waals surface area contributed by atoms with Crippen molar-refractivity contribution in [3.63, 3.8) is 0 Å². The first-order valence-corrected chi connectivity index (χ1v) is 8.87. The molecule has 1 N–H and O–H groups in total. The van der Waals surface area contributed by atoms with E-state index in [0.29, 0.717) is 24.7 Å². The second kappa shape index (κ2) is 6.51. The third-order valence-corrected chi connectivity index (χ3v) is 5.48. The molecule has 0 radical (unpaired) electrons. The summed E-state index contributed by atoms with van der Waals surface area (Å²) in [7, 11) is -2.01. The molecule has 24 heavy (non-hydrogen) atoms. The molecule has 3 rings (SSSR count). The van der Waals surface area contributed by atoms with Crippen molar-refractivity contribution < 1.29 is 17.9 Å². The van der Waals surface area contributed by atoms with Gasteiger partial charge in [-0.1, -0.05) is 12.1 Å². The SMILES string of the molecule is CNCC1COc2ccc(S(=O)(=O)c3ccccc3C#N)cc2O1. The second-order valence-corrected chi connectivity index (χ2v) is 7.25. The van der Waals surface area contributed by atoms with E-state index in [2.05, 4.69) is 5.32 Å². The Morgan fingerprint density at radius 1 is 1.25 bits per heavy atom. The number of ether oxygens (including phenoxy) is 2. The van der Waals surface area contributed by atoms with E-state index in [1.165, 1.54) is 24.3 Å². The van der Waals surface area contributed by atoms with Gasteiger partial charge in [0.25, 0.3) is 0 Å². The van der Waals surface area contributed by atoms with Gasteiger partial charge in [0.1, 0.15) is 18.8 Å². The molecule has 1 heterocycles. The third kappa shape index (κ3) is 2.94. The predicted molar refractivity (Wildman–Crippen MR) is 86.9 cm³/mol. The average molecular weight is 344 g/mol. The van der Waals surface area contributed by atoms with Gasteiger partial charge in [-0.3, -0.25) is 0 Å². The number of nitriles is 1. The molecule has 1 atom stereocenters. The van der Waals surface area contributed by atoms with Crippen molar-refractivity contribution >= 4 is 9.84 Å². The Balaban J connectivity index is 2.01. The predicted octanol–water partition coefficient (Wildman–Crippen LogP) is 1.75. The number of rotatable bonds is 4. The average Bonchev–Trinajstić information content (AvgIpc) is 2.61. The number of nitrogens with one attached hydrogen (secondary N) is 1. The number of fused-ring (bicyclic) bond motifs is 1. The van der Waals surface area contributed by atoms with E-state index >= 15 is 0 Å². The summed E-state index contributed by atoms with van der Waals surface area (Å²) in [5, 5.41) is 12.1. The summed E-state index contributed by atoms with van der Waals surface area (Å²) in [5.74, 6) is 0.895. The van der Waals surface area contributed by atoms with Crippen LogP contribution in [0.2, 0.25) is 0 Å². The number of sulfone groups is 1. The van der Waals surface area contributed by atoms with E-state index in [1.54, 1.807) is 25.2 Å². The van der Waals surface area contributed by atoms with Crippen molar-refractivity contribution in [3.8, 4) is 17.6 Å². The van der Waals surface area contributed by atoms with Crippen LogP contribution >= 0.6 is 0 Å². The third-order valence-electron chi connectivity index (χ3n) is 3.67. The lowest BCUT2D eigenvalue weighted by atomic mass is 10.2. The summed E-state index contributed by atoms with van der Waals surface area (Å²) in [5.41, 5.74) is 0.112. The van der Waals surface area contributed by atoms with Crippen molar-refractivity contribution in [1.29, 1.82) is 5.26 Å². The molecule has 124 valence electrons. The number of hydrogen-bond acceptors (Lipinski definition) is 6. The first kappa shape index (κ1) is 16.3. The Morgan fingerprint density at radius 2 is 2.04 bits per heavy atom. The molecule has 6 nitrogen and oxygen atoms in total. The number of likely N-dealkylation sites (N-methyl/N-ethyl adjacent to an activating group) is 1. The highest BCUT2D eigenvalue weighted by Crippen LogP contribution is 2.35. The maximum Gasteiger partial charge on any atom is 0.208 e. The van der Waals surface area contributed by atoms with Gasteiger partial charge in [0.15, 0.2) is 11.5 Å². The first-order valence-electron chi connectivity index (χ1n) is 7.38. The molecular weight excluding hydrogens is 328 g/mol. The molecule has 2 aromatic carbocycles. The van der Waals surface area contributed by atoms with Gasteiger partial charge < -0.3 is 14.8 Å². The van der Waals surface area contributed by atoms with Gasteiger partial charge in [-0.25, -0.2) is 8.42 Å². The van der Waals surface area contributed by atoms with Crippen LogP contribution in [0.3, 0.4) is 0 Å². The van der Waals surface area contributed by atoms with E-state index < -0.39 is 9.84 Å². The summed E-state index contributed by atoms with van der Waals surface area (Å²) in [6.07, 6.45) is -0.188. The molecule has 0 saturated carbocycles. The van der Waals surface area contributed by atoms with E-state index in [1.807, 2.05) is 6.07 Å². The minimum Gasteiger partial charge on any atom is -0.486 e. The summed E-state index contributed by atoms with van der Waals surface area (Å²) in [6.45, 7) is 0.991. The van der Waals surface area contributed by atoms with Gasteiger partial charge in [-0.15, -0.1) is 0 Å². The molecule has 0 aliphatic carbocycles. The Kier molecular flexibility index (Phi) is 4.42. The van der Waals surface area contributed by atoms with Crippen LogP contribution in [0, 0.1) is 11.3 Å². The van der Waals surface area contributed by atoms with Crippen LogP contribution in [0.1, 0.15) is 5.56 Å². The van der Waals surface area contributed by atoms with E-state index in [-0.39, 0.29) is 21.5 Å². The minimum absolute atomic E-state index is 0.0176. The van der Waals surface area contributed by atoms with Gasteiger partial charge in [-0.05, 0) is 31.3 Å². The van der Waals surface area contributed by atoms with Gasteiger partial charge in [-0.2, -0.15) is 5.26 Å². The van der Waals surface area contributed by atoms with E-state index in [4.69, 9.17) is 14.7 Å². The number of hydrogen-bond donors (Lipinski definition) is 1. The first-order chi connectivity index (χ1) is 11.6. The summed E-state index contributed by atoms with van der Waals surface area (Å²) < 4.78 is 37.1. The smallest absolute Gasteiger partial charge is 0.208 e. The van der Waals surface area contributed by atoms with Gasteiger partial charge >= 0.3 is 0 Å². The maximum atomic E-state index is 12.8. The Morgan fingerprint density at radius 3 is 2.79 bits per heavy atom. The van der Waals surface area contributed by atoms with E-state index in [0.717, 1.165) is 0 Å². The van der Waals surface area contributed by atoms with Crippen molar-refractivity contribution in [3.05, 3.63) is 48.0 Å². The normalized spacial score (nSPS) is 16.4. The lowest BCUT2D eigenvalue weighted by Gasteiger charge is -2.26. The number of benzene rings is 2. The Labute approximate surface area is 140 Å². The fraction of sp³-hybridized carbons (Fsp3) is 0.235. The van der Waals surface area contributed by atoms with Crippen LogP contribution in [-0.4, -0.2) is 34.7 Å². The fourth-order valence-corrected chi connectivity index (χ4v) is 3.94. The Bertz CT molecular complexity index is 903. The molecule has 1 aliphatic rings. The second-order valence-electron chi connectivity index (χ2n) is 5.33. The molecule has 0 amide bonds. The zero-order chi connectivity index (χ0) is 17.2. The van der Waals surface area contributed by atoms with Gasteiger partial charge in [0, 0.05) is 12.6 Å². The zero-order valence-electron chi connectivity index (χ0n) is 13.0. The highest BCUT2D eigenvalue weighted by molar-refractivity contribution is 7.91. The molecule has 7 heteroatoms. The molecule has 0 fully saturated rings. The van der Waals surface area contributed by atoms with Crippen LogP contribution in [-0.2, 0) is 9.84 Å². The van der Waals surface area contributed by atoms with Crippen LogP contribution in [0.5, 0.6) is 11.5 Å². The van der Waals surface area contributed by atoms with Crippen LogP contribution in [0.4, 0.5) is 0 Å². The summed E-state index contributed by atoms with van der Waals surface area (Å²) >= 11 is 0. The molecule has 1 unspecified atom stereocenters. The summed E-state index contributed by atoms with van der Waals surface area (Å²) in [4.78, 5) is 0.0496. The maximum absolute atomic E-state index is 12.8. The topological polar surface area (TPSA) is 88.4 Å². The van der Waals surface area contributed by atoms with Crippen LogP contribution in [0.15, 0.2) is 52.3 Å². The van der Waals surface area contributed by atoms with Crippen LogP contribution in [0.25, 0.3) is 0 Å². The number of nitrogens with zero attached hydrogens (tertiary/aromatic N) is 1. The lowest BCUT2D eigenvalue weighted by Crippen LogP contribution is -2.37. The molecule has 0 saturated heterocycles. The van der Waals surface area contributed by atoms with Crippen molar-refractivity contribution in [2.24, 2.45) is 0 Å². The van der Waals surface area contributed by atoms with Gasteiger partial charge in [0.05, 0.1) is 15.4 Å². The molecule has 2 aromatic rings.